The number of alkyl halides is 3. The number of halogens is 3. The zero-order chi connectivity index (χ0) is 32.5. The summed E-state index contributed by atoms with van der Waals surface area (Å²) in [6, 6.07) is 16.9. The van der Waals surface area contributed by atoms with Crippen LogP contribution in [0, 0.1) is 0 Å². The van der Waals surface area contributed by atoms with Crippen LogP contribution in [0.4, 0.5) is 13.2 Å². The molecule has 0 spiro atoms. The number of nitrogens with zero attached hydrogens (tertiary/aromatic N) is 4. The molecule has 0 amide bonds. The summed E-state index contributed by atoms with van der Waals surface area (Å²) in [6.07, 6.45) is -3.47. The molecule has 4 aromatic rings. The molecule has 1 aromatic carbocycles. The number of pyridine rings is 2. The van der Waals surface area contributed by atoms with Crippen molar-refractivity contribution in [3.63, 3.8) is 0 Å². The first-order valence-corrected chi connectivity index (χ1v) is 18.8. The molecule has 0 aliphatic carbocycles. The average Bonchev–Trinajstić information content (AvgIpc) is 3.37. The minimum Gasteiger partial charge on any atom is -0.411 e. The number of aromatic nitrogens is 4. The van der Waals surface area contributed by atoms with Crippen molar-refractivity contribution in [3.05, 3.63) is 72.2 Å². The Morgan fingerprint density at radius 1 is 1.00 bits per heavy atom. The van der Waals surface area contributed by atoms with Gasteiger partial charge in [-0.1, -0.05) is 45.0 Å². The van der Waals surface area contributed by atoms with Crippen LogP contribution in [0.15, 0.2) is 60.8 Å². The highest BCUT2D eigenvalue weighted by molar-refractivity contribution is 7.84. The molecule has 0 aliphatic rings. The number of benzene rings is 1. The van der Waals surface area contributed by atoms with Gasteiger partial charge < -0.3 is 4.43 Å². The van der Waals surface area contributed by atoms with Gasteiger partial charge in [-0.05, 0) is 75.2 Å². The van der Waals surface area contributed by atoms with Crippen LogP contribution in [0.1, 0.15) is 71.2 Å². The Kier molecular flexibility index (Phi) is 9.89. The lowest BCUT2D eigenvalue weighted by Gasteiger charge is -2.36. The Labute approximate surface area is 261 Å². The zero-order valence-corrected chi connectivity index (χ0v) is 28.2. The zero-order valence-electron chi connectivity index (χ0n) is 26.4. The Bertz CT molecular complexity index is 1630. The van der Waals surface area contributed by atoms with E-state index in [0.717, 1.165) is 22.2 Å². The highest BCUT2D eigenvalue weighted by atomic mass is 32.2. The predicted octanol–water partition coefficient (Wildman–Crippen LogP) is 8.22. The molecule has 3 aromatic heterocycles. The normalized spacial score (nSPS) is 14.6. The highest BCUT2D eigenvalue weighted by Gasteiger charge is 2.37. The molecular formula is C32H42F3N5O2SSi. The van der Waals surface area contributed by atoms with Crippen molar-refractivity contribution in [2.75, 3.05) is 0 Å². The van der Waals surface area contributed by atoms with E-state index in [1.54, 1.807) is 36.9 Å². The van der Waals surface area contributed by atoms with E-state index in [0.29, 0.717) is 23.8 Å². The summed E-state index contributed by atoms with van der Waals surface area (Å²) in [5.41, 5.74) is 3.54. The molecule has 0 fully saturated rings. The quantitative estimate of drug-likeness (QED) is 0.166. The van der Waals surface area contributed by atoms with E-state index in [2.05, 4.69) is 39.0 Å². The van der Waals surface area contributed by atoms with Crippen LogP contribution in [0.25, 0.3) is 28.0 Å². The van der Waals surface area contributed by atoms with Crippen LogP contribution in [0.3, 0.4) is 0 Å². The van der Waals surface area contributed by atoms with Gasteiger partial charge in [0.2, 0.25) is 0 Å². The Morgan fingerprint density at radius 3 is 2.36 bits per heavy atom. The number of fused-ring (bicyclic) bond motifs is 1. The van der Waals surface area contributed by atoms with Crippen LogP contribution >= 0.6 is 0 Å². The first-order valence-electron chi connectivity index (χ1n) is 14.6. The summed E-state index contributed by atoms with van der Waals surface area (Å²) in [5, 5.41) is 11.3. The monoisotopic (exact) mass is 645 g/mol. The van der Waals surface area contributed by atoms with Gasteiger partial charge in [-0.2, -0.15) is 18.3 Å². The maximum Gasteiger partial charge on any atom is 0.389 e. The minimum atomic E-state index is -4.31. The number of nitrogens with two attached hydrogens (primary N) is 1. The molecule has 0 saturated heterocycles. The van der Waals surface area contributed by atoms with Crippen LogP contribution < -0.4 is 5.14 Å². The van der Waals surface area contributed by atoms with E-state index < -0.39 is 42.6 Å². The first-order chi connectivity index (χ1) is 20.4. The van der Waals surface area contributed by atoms with E-state index in [9.17, 15) is 17.4 Å². The fourth-order valence-corrected chi connectivity index (χ4v) is 6.01. The van der Waals surface area contributed by atoms with Gasteiger partial charge in [0.25, 0.3) is 0 Å². The van der Waals surface area contributed by atoms with Crippen molar-refractivity contribution in [2.24, 2.45) is 5.14 Å². The summed E-state index contributed by atoms with van der Waals surface area (Å²) in [4.78, 5) is 9.63. The van der Waals surface area contributed by atoms with E-state index in [-0.39, 0.29) is 17.9 Å². The Balaban J connectivity index is 1.66. The third-order valence-electron chi connectivity index (χ3n) is 8.51. The van der Waals surface area contributed by atoms with Crippen molar-refractivity contribution in [3.8, 4) is 17.1 Å². The van der Waals surface area contributed by atoms with Crippen LogP contribution in [0.5, 0.6) is 0 Å². The van der Waals surface area contributed by atoms with E-state index in [1.807, 2.05) is 42.5 Å². The minimum absolute atomic E-state index is 0.0856. The molecule has 7 nitrogen and oxygen atoms in total. The van der Waals surface area contributed by atoms with Gasteiger partial charge in [0.05, 0.1) is 45.4 Å². The average molecular weight is 646 g/mol. The molecule has 3 heterocycles. The largest absolute Gasteiger partial charge is 0.411 e. The van der Waals surface area contributed by atoms with E-state index in [4.69, 9.17) is 19.5 Å². The van der Waals surface area contributed by atoms with Crippen LogP contribution in [-0.2, 0) is 22.0 Å². The lowest BCUT2D eigenvalue weighted by molar-refractivity contribution is -0.136. The van der Waals surface area contributed by atoms with Gasteiger partial charge in [0.15, 0.2) is 14.1 Å². The molecule has 1 unspecified atom stereocenters. The molecule has 2 N–H and O–H groups in total. The fraction of sp³-hybridized carbons (Fsp3) is 0.469. The molecule has 44 heavy (non-hydrogen) atoms. The number of hydrogen-bond acceptors (Lipinski definition) is 5. The van der Waals surface area contributed by atoms with Crippen LogP contribution in [0.2, 0.25) is 18.1 Å². The third kappa shape index (κ3) is 8.20. The van der Waals surface area contributed by atoms with Gasteiger partial charge in [-0.3, -0.25) is 10.1 Å². The van der Waals surface area contributed by atoms with Gasteiger partial charge in [-0.25, -0.2) is 13.9 Å². The van der Waals surface area contributed by atoms with Crippen molar-refractivity contribution in [1.29, 1.82) is 0 Å². The summed E-state index contributed by atoms with van der Waals surface area (Å²) in [5.74, 6) is 0.0771. The smallest absolute Gasteiger partial charge is 0.389 e. The molecular weight excluding hydrogens is 604 g/mol. The van der Waals surface area contributed by atoms with Crippen LogP contribution in [-0.4, -0.2) is 43.2 Å². The summed E-state index contributed by atoms with van der Waals surface area (Å²) in [7, 11) is -3.66. The molecule has 0 saturated carbocycles. The first kappa shape index (κ1) is 33.9. The lowest BCUT2D eigenvalue weighted by Crippen LogP contribution is -2.40. The Hall–Kier alpha value is -2.93. The van der Waals surface area contributed by atoms with Crippen molar-refractivity contribution >= 4 is 30.2 Å². The topological polar surface area (TPSA) is 95.9 Å². The molecule has 12 heteroatoms. The molecule has 2 atom stereocenters. The number of hydrogen-bond donors (Lipinski definition) is 1. The number of rotatable bonds is 11. The van der Waals surface area contributed by atoms with Crippen molar-refractivity contribution in [2.45, 2.75) is 95.5 Å². The standard InChI is InChI=1S/C32H42F3N5O2SSi/c1-30(2,3)44(6,7)42-21-25-10-8-13-29(38-25)40-28-18-22(14-15-24(28)20-37-40)26-11-9-12-27(39-26)23(16-17-32(33,34)35)19-31(4,5)43(36)41/h8-15,18,20,23H,16-17,19,21,36H2,1-7H3/t23-,43?/m0/s1. The Morgan fingerprint density at radius 2 is 1.70 bits per heavy atom. The van der Waals surface area contributed by atoms with Gasteiger partial charge in [-0.15, -0.1) is 0 Å². The molecule has 238 valence electrons. The second-order valence-electron chi connectivity index (χ2n) is 13.4. The van der Waals surface area contributed by atoms with Crippen molar-refractivity contribution in [1.82, 2.24) is 19.7 Å². The third-order valence-corrected chi connectivity index (χ3v) is 14.2. The van der Waals surface area contributed by atoms with Gasteiger partial charge in [0, 0.05) is 29.0 Å². The summed E-state index contributed by atoms with van der Waals surface area (Å²) >= 11 is 0. The lowest BCUT2D eigenvalue weighted by atomic mass is 9.89. The van der Waals surface area contributed by atoms with E-state index >= 15 is 0 Å². The maximum atomic E-state index is 13.2. The van der Waals surface area contributed by atoms with E-state index in [1.165, 1.54) is 0 Å². The predicted molar refractivity (Wildman–Crippen MR) is 173 cm³/mol. The molecule has 0 bridgehead atoms. The summed E-state index contributed by atoms with van der Waals surface area (Å²) in [6.45, 7) is 14.8. The molecule has 4 rings (SSSR count). The maximum absolute atomic E-state index is 13.2. The SMILES string of the molecule is CC(C)(C[C@H](CCC(F)(F)F)c1cccc(-c2ccc3cnn(-c4cccc(CO[Si](C)(C)C(C)(C)C)n4)c3c2)n1)S(N)=O. The second-order valence-corrected chi connectivity index (χ2v) is 19.9. The molecule has 0 radical (unpaired) electrons. The summed E-state index contributed by atoms with van der Waals surface area (Å²) < 4.78 is 59.0. The highest BCUT2D eigenvalue weighted by Crippen LogP contribution is 2.38. The molecule has 0 aliphatic heterocycles. The fourth-order valence-electron chi connectivity index (χ4n) is 4.70. The van der Waals surface area contributed by atoms with Gasteiger partial charge in [0.1, 0.15) is 0 Å². The second kappa shape index (κ2) is 12.8. The van der Waals surface area contributed by atoms with Crippen molar-refractivity contribution < 1.29 is 21.8 Å². The van der Waals surface area contributed by atoms with Gasteiger partial charge >= 0.3 is 6.18 Å².